The van der Waals surface area contributed by atoms with E-state index in [1.807, 2.05) is 30.3 Å². The van der Waals surface area contributed by atoms with Crippen LogP contribution in [0.2, 0.25) is 0 Å². The smallest absolute Gasteiger partial charge is 0.276 e. The first-order valence-electron chi connectivity index (χ1n) is 10.5. The van der Waals surface area contributed by atoms with Gasteiger partial charge in [-0.05, 0) is 23.8 Å². The zero-order valence-corrected chi connectivity index (χ0v) is 17.4. The van der Waals surface area contributed by atoms with Gasteiger partial charge in [0.2, 0.25) is 0 Å². The summed E-state index contributed by atoms with van der Waals surface area (Å²) in [5.74, 6) is -0.901. The second kappa shape index (κ2) is 8.51. The van der Waals surface area contributed by atoms with Gasteiger partial charge in [0.25, 0.3) is 11.8 Å². The Balaban J connectivity index is 1.23. The van der Waals surface area contributed by atoms with Crippen LogP contribution in [-0.4, -0.2) is 62.8 Å². The molecule has 0 spiro atoms. The van der Waals surface area contributed by atoms with E-state index in [-0.39, 0.29) is 24.5 Å². The Hall–Kier alpha value is -3.59. The molecule has 1 saturated heterocycles. The fourth-order valence-electron chi connectivity index (χ4n) is 4.11. The second-order valence-corrected chi connectivity index (χ2v) is 7.87. The lowest BCUT2D eigenvalue weighted by molar-refractivity contribution is -0.00202. The molecule has 1 fully saturated rings. The first-order valence-corrected chi connectivity index (χ1v) is 10.5. The number of carbonyl (C=O) groups excluding carboxylic acids is 2. The molecule has 2 amide bonds. The van der Waals surface area contributed by atoms with Crippen molar-refractivity contribution in [3.63, 3.8) is 0 Å². The molecule has 32 heavy (non-hydrogen) atoms. The Bertz CT molecular complexity index is 1140. The first kappa shape index (κ1) is 20.3. The van der Waals surface area contributed by atoms with Crippen molar-refractivity contribution in [2.24, 2.45) is 0 Å². The summed E-state index contributed by atoms with van der Waals surface area (Å²) in [6.45, 7) is 2.24. The topological polar surface area (TPSA) is 80.6 Å². The van der Waals surface area contributed by atoms with Crippen LogP contribution in [0.25, 0.3) is 0 Å². The maximum Gasteiger partial charge on any atom is 0.276 e. The molecule has 8 nitrogen and oxygen atoms in total. The van der Waals surface area contributed by atoms with E-state index < -0.39 is 5.82 Å². The Morgan fingerprint density at radius 1 is 0.938 bits per heavy atom. The molecule has 3 heterocycles. The average molecular weight is 435 g/mol. The van der Waals surface area contributed by atoms with Gasteiger partial charge < -0.3 is 14.5 Å². The SMILES string of the molecule is O=C(c1cccc(F)c1)N1CCN(C(=O)c2nnn3c2CO[C@H](c2ccccc2)C3)CC1. The number of benzene rings is 2. The molecule has 0 bridgehead atoms. The monoisotopic (exact) mass is 435 g/mol. The quantitative estimate of drug-likeness (QED) is 0.631. The summed E-state index contributed by atoms with van der Waals surface area (Å²) < 4.78 is 21.1. The van der Waals surface area contributed by atoms with E-state index >= 15 is 0 Å². The third kappa shape index (κ3) is 3.87. The number of fused-ring (bicyclic) bond motifs is 1. The van der Waals surface area contributed by atoms with Gasteiger partial charge >= 0.3 is 0 Å². The van der Waals surface area contributed by atoms with Crippen LogP contribution < -0.4 is 0 Å². The van der Waals surface area contributed by atoms with Crippen LogP contribution in [0.5, 0.6) is 0 Å². The lowest BCUT2D eigenvalue weighted by Gasteiger charge is -2.34. The molecule has 1 aromatic heterocycles. The van der Waals surface area contributed by atoms with E-state index in [0.29, 0.717) is 49.7 Å². The van der Waals surface area contributed by atoms with Gasteiger partial charge in [0.1, 0.15) is 11.9 Å². The van der Waals surface area contributed by atoms with E-state index in [9.17, 15) is 14.0 Å². The third-order valence-electron chi connectivity index (χ3n) is 5.90. The summed E-state index contributed by atoms with van der Waals surface area (Å²) in [6, 6.07) is 15.5. The molecule has 0 radical (unpaired) electrons. The van der Waals surface area contributed by atoms with E-state index in [4.69, 9.17) is 4.74 Å². The van der Waals surface area contributed by atoms with Gasteiger partial charge in [-0.3, -0.25) is 9.59 Å². The summed E-state index contributed by atoms with van der Waals surface area (Å²) in [5, 5.41) is 8.31. The predicted molar refractivity (Wildman–Crippen MR) is 112 cm³/mol. The Kier molecular flexibility index (Phi) is 5.40. The molecule has 5 rings (SSSR count). The Labute approximate surface area is 184 Å². The van der Waals surface area contributed by atoms with Gasteiger partial charge in [0, 0.05) is 31.7 Å². The molecular formula is C23H22FN5O3. The Morgan fingerprint density at radius 3 is 2.38 bits per heavy atom. The number of ether oxygens (including phenoxy) is 1. The lowest BCUT2D eigenvalue weighted by atomic mass is 10.1. The number of hydrogen-bond donors (Lipinski definition) is 0. The van der Waals surface area contributed by atoms with Crippen molar-refractivity contribution in [1.82, 2.24) is 24.8 Å². The number of nitrogens with zero attached hydrogens (tertiary/aromatic N) is 5. The number of rotatable bonds is 3. The van der Waals surface area contributed by atoms with Crippen LogP contribution in [0.3, 0.4) is 0 Å². The maximum atomic E-state index is 13.4. The molecule has 2 aromatic carbocycles. The number of halogens is 1. The number of amides is 2. The molecule has 0 N–H and O–H groups in total. The van der Waals surface area contributed by atoms with Crippen molar-refractivity contribution in [3.05, 3.63) is 82.9 Å². The summed E-state index contributed by atoms with van der Waals surface area (Å²) in [5.41, 5.74) is 2.32. The highest BCUT2D eigenvalue weighted by atomic mass is 19.1. The number of aromatic nitrogens is 3. The Morgan fingerprint density at radius 2 is 1.66 bits per heavy atom. The molecule has 164 valence electrons. The third-order valence-corrected chi connectivity index (χ3v) is 5.90. The molecule has 0 aliphatic carbocycles. The van der Waals surface area contributed by atoms with Gasteiger partial charge in [-0.25, -0.2) is 9.07 Å². The second-order valence-electron chi connectivity index (χ2n) is 7.87. The van der Waals surface area contributed by atoms with Crippen molar-refractivity contribution in [1.29, 1.82) is 0 Å². The van der Waals surface area contributed by atoms with Gasteiger partial charge in [-0.1, -0.05) is 41.6 Å². The van der Waals surface area contributed by atoms with Crippen molar-refractivity contribution in [3.8, 4) is 0 Å². The normalized spacial score (nSPS) is 18.3. The van der Waals surface area contributed by atoms with Gasteiger partial charge in [-0.2, -0.15) is 0 Å². The molecule has 2 aliphatic heterocycles. The minimum atomic E-state index is -0.446. The van der Waals surface area contributed by atoms with Gasteiger partial charge in [0.05, 0.1) is 18.8 Å². The van der Waals surface area contributed by atoms with Crippen LogP contribution in [-0.2, 0) is 17.9 Å². The fourth-order valence-corrected chi connectivity index (χ4v) is 4.11. The summed E-state index contributed by atoms with van der Waals surface area (Å²) in [4.78, 5) is 29.0. The molecule has 2 aliphatic rings. The highest BCUT2D eigenvalue weighted by molar-refractivity contribution is 5.95. The van der Waals surface area contributed by atoms with Crippen molar-refractivity contribution in [2.75, 3.05) is 26.2 Å². The van der Waals surface area contributed by atoms with Crippen molar-refractivity contribution < 1.29 is 18.7 Å². The molecule has 0 saturated carbocycles. The molecule has 1 atom stereocenters. The maximum absolute atomic E-state index is 13.4. The number of piperazine rings is 1. The zero-order chi connectivity index (χ0) is 22.1. The van der Waals surface area contributed by atoms with E-state index in [1.165, 1.54) is 18.2 Å². The minimum absolute atomic E-state index is 0.134. The molecule has 9 heteroatoms. The summed E-state index contributed by atoms with van der Waals surface area (Å²) in [6.07, 6.45) is -0.134. The largest absolute Gasteiger partial charge is 0.365 e. The van der Waals surface area contributed by atoms with Gasteiger partial charge in [-0.15, -0.1) is 5.10 Å². The standard InChI is InChI=1S/C23H22FN5O3/c24-18-8-4-7-17(13-18)22(30)27-9-11-28(12-10-27)23(31)21-19-15-32-20(14-29(19)26-25-21)16-5-2-1-3-6-16/h1-8,13,20H,9-12,14-15H2/t20-/m0/s1. The number of carbonyl (C=O) groups is 2. The lowest BCUT2D eigenvalue weighted by Crippen LogP contribution is -2.50. The van der Waals surface area contributed by atoms with Crippen LogP contribution in [0.1, 0.15) is 38.2 Å². The van der Waals surface area contributed by atoms with E-state index in [2.05, 4.69) is 10.3 Å². The van der Waals surface area contributed by atoms with E-state index in [0.717, 1.165) is 5.56 Å². The summed E-state index contributed by atoms with van der Waals surface area (Å²) in [7, 11) is 0. The first-order chi connectivity index (χ1) is 15.6. The molecule has 0 unspecified atom stereocenters. The predicted octanol–water partition coefficient (Wildman–Crippen LogP) is 2.29. The highest BCUT2D eigenvalue weighted by Crippen LogP contribution is 2.27. The summed E-state index contributed by atoms with van der Waals surface area (Å²) >= 11 is 0. The molecule has 3 aromatic rings. The number of hydrogen-bond acceptors (Lipinski definition) is 5. The average Bonchev–Trinajstić information content (AvgIpc) is 3.27. The van der Waals surface area contributed by atoms with Crippen LogP contribution in [0, 0.1) is 5.82 Å². The van der Waals surface area contributed by atoms with Crippen molar-refractivity contribution >= 4 is 11.8 Å². The minimum Gasteiger partial charge on any atom is -0.365 e. The van der Waals surface area contributed by atoms with Crippen molar-refractivity contribution in [2.45, 2.75) is 19.3 Å². The zero-order valence-electron chi connectivity index (χ0n) is 17.4. The van der Waals surface area contributed by atoms with Crippen LogP contribution in [0.4, 0.5) is 4.39 Å². The fraction of sp³-hybridized carbons (Fsp3) is 0.304. The van der Waals surface area contributed by atoms with Gasteiger partial charge in [0.15, 0.2) is 5.69 Å². The van der Waals surface area contributed by atoms with Crippen LogP contribution >= 0.6 is 0 Å². The van der Waals surface area contributed by atoms with E-state index in [1.54, 1.807) is 20.5 Å². The molecular weight excluding hydrogens is 413 g/mol. The van der Waals surface area contributed by atoms with Crippen LogP contribution in [0.15, 0.2) is 54.6 Å². The highest BCUT2D eigenvalue weighted by Gasteiger charge is 2.32.